The number of nitrogens with one attached hydrogen (secondary N) is 1. The molecule has 108 valence electrons. The molecule has 0 spiro atoms. The van der Waals surface area contributed by atoms with E-state index in [0.717, 1.165) is 34.7 Å². The smallest absolute Gasteiger partial charge is 0.157 e. The maximum Gasteiger partial charge on any atom is 0.157 e. The molecule has 0 fully saturated rings. The molecule has 0 saturated heterocycles. The zero-order valence-electron chi connectivity index (χ0n) is 12.0. The van der Waals surface area contributed by atoms with Crippen molar-refractivity contribution in [2.24, 2.45) is 0 Å². The Kier molecular flexibility index (Phi) is 3.83. The number of fused-ring (bicyclic) bond motifs is 1. The Balaban J connectivity index is 1.81. The van der Waals surface area contributed by atoms with E-state index in [0.29, 0.717) is 6.54 Å². The van der Waals surface area contributed by atoms with Crippen LogP contribution in [0.2, 0.25) is 0 Å². The van der Waals surface area contributed by atoms with E-state index in [9.17, 15) is 0 Å². The van der Waals surface area contributed by atoms with Gasteiger partial charge in [0, 0.05) is 24.4 Å². The number of aryl methyl sites for hydroxylation is 1. The maximum atomic E-state index is 9.05. The summed E-state index contributed by atoms with van der Waals surface area (Å²) in [6, 6.07) is 11.8. The van der Waals surface area contributed by atoms with Crippen LogP contribution in [0.15, 0.2) is 42.6 Å². The molecule has 0 aliphatic carbocycles. The van der Waals surface area contributed by atoms with Gasteiger partial charge in [-0.2, -0.15) is 9.61 Å². The number of rotatable bonds is 5. The van der Waals surface area contributed by atoms with E-state index in [4.69, 9.17) is 5.11 Å². The van der Waals surface area contributed by atoms with Crippen molar-refractivity contribution in [2.75, 3.05) is 5.32 Å². The molecule has 2 aromatic heterocycles. The van der Waals surface area contributed by atoms with Crippen LogP contribution in [0, 0.1) is 0 Å². The maximum absolute atomic E-state index is 9.05. The molecule has 0 unspecified atom stereocenters. The van der Waals surface area contributed by atoms with Crippen molar-refractivity contribution >= 4 is 11.5 Å². The Labute approximate surface area is 123 Å². The molecule has 0 bridgehead atoms. The van der Waals surface area contributed by atoms with Crippen LogP contribution in [0.3, 0.4) is 0 Å². The normalized spacial score (nSPS) is 11.0. The molecule has 0 saturated carbocycles. The summed E-state index contributed by atoms with van der Waals surface area (Å²) in [5.74, 6) is 0.938. The Morgan fingerprint density at radius 2 is 1.90 bits per heavy atom. The first-order valence-electron chi connectivity index (χ1n) is 7.06. The van der Waals surface area contributed by atoms with Gasteiger partial charge in [0.2, 0.25) is 0 Å². The Morgan fingerprint density at radius 3 is 2.62 bits per heavy atom. The second-order valence-electron chi connectivity index (χ2n) is 4.92. The molecule has 0 radical (unpaired) electrons. The van der Waals surface area contributed by atoms with Crippen molar-refractivity contribution in [3.63, 3.8) is 0 Å². The highest BCUT2D eigenvalue weighted by Gasteiger charge is 2.05. The van der Waals surface area contributed by atoms with Gasteiger partial charge in [-0.3, -0.25) is 0 Å². The molecule has 2 heterocycles. The summed E-state index contributed by atoms with van der Waals surface area (Å²) in [6.45, 7) is 2.87. The van der Waals surface area contributed by atoms with Gasteiger partial charge in [-0.15, -0.1) is 0 Å². The first-order chi connectivity index (χ1) is 10.3. The number of nitrogens with zero attached hydrogens (tertiary/aromatic N) is 3. The van der Waals surface area contributed by atoms with Crippen LogP contribution in [0.1, 0.15) is 23.7 Å². The molecular formula is C16H18N4O. The number of hydrogen-bond acceptors (Lipinski definition) is 4. The molecule has 0 amide bonds. The highest BCUT2D eigenvalue weighted by atomic mass is 16.3. The molecule has 5 heteroatoms. The lowest BCUT2D eigenvalue weighted by atomic mass is 10.1. The lowest BCUT2D eigenvalue weighted by Gasteiger charge is -2.10. The van der Waals surface area contributed by atoms with Gasteiger partial charge < -0.3 is 10.4 Å². The van der Waals surface area contributed by atoms with Crippen LogP contribution in [0.5, 0.6) is 0 Å². The SMILES string of the molecule is CCc1cc(NCc2ccc(CO)cc2)n2nccc2n1. The lowest BCUT2D eigenvalue weighted by Crippen LogP contribution is -2.07. The number of aromatic nitrogens is 3. The standard InChI is InChI=1S/C16H18N4O/c1-2-14-9-16(20-15(19-14)7-8-18-20)17-10-12-3-5-13(11-21)6-4-12/h3-9,17,21H,2,10-11H2,1H3. The summed E-state index contributed by atoms with van der Waals surface area (Å²) in [6.07, 6.45) is 2.64. The van der Waals surface area contributed by atoms with Crippen molar-refractivity contribution in [2.45, 2.75) is 26.5 Å². The highest BCUT2D eigenvalue weighted by Crippen LogP contribution is 2.14. The van der Waals surface area contributed by atoms with Crippen molar-refractivity contribution in [3.8, 4) is 0 Å². The third-order valence-electron chi connectivity index (χ3n) is 3.45. The average molecular weight is 282 g/mol. The summed E-state index contributed by atoms with van der Waals surface area (Å²) in [5, 5.41) is 16.7. The van der Waals surface area contributed by atoms with Crippen LogP contribution in [0.4, 0.5) is 5.82 Å². The van der Waals surface area contributed by atoms with Gasteiger partial charge in [-0.25, -0.2) is 4.98 Å². The van der Waals surface area contributed by atoms with Crippen molar-refractivity contribution in [3.05, 3.63) is 59.4 Å². The van der Waals surface area contributed by atoms with Gasteiger partial charge in [0.1, 0.15) is 5.82 Å². The Morgan fingerprint density at radius 1 is 1.14 bits per heavy atom. The summed E-state index contributed by atoms with van der Waals surface area (Å²) < 4.78 is 1.81. The third-order valence-corrected chi connectivity index (χ3v) is 3.45. The van der Waals surface area contributed by atoms with Crippen molar-refractivity contribution < 1.29 is 5.11 Å². The van der Waals surface area contributed by atoms with E-state index >= 15 is 0 Å². The van der Waals surface area contributed by atoms with E-state index in [1.54, 1.807) is 10.7 Å². The number of aliphatic hydroxyl groups is 1. The monoisotopic (exact) mass is 282 g/mol. The van der Waals surface area contributed by atoms with Crippen LogP contribution < -0.4 is 5.32 Å². The molecule has 1 aromatic carbocycles. The minimum Gasteiger partial charge on any atom is -0.392 e. The van der Waals surface area contributed by atoms with E-state index in [-0.39, 0.29) is 6.61 Å². The van der Waals surface area contributed by atoms with Gasteiger partial charge in [0.25, 0.3) is 0 Å². The van der Waals surface area contributed by atoms with E-state index < -0.39 is 0 Å². The number of benzene rings is 1. The predicted molar refractivity (Wildman–Crippen MR) is 82.1 cm³/mol. The zero-order valence-corrected chi connectivity index (χ0v) is 12.0. The third kappa shape index (κ3) is 2.87. The minimum atomic E-state index is 0.0752. The number of anilines is 1. The fourth-order valence-corrected chi connectivity index (χ4v) is 2.23. The van der Waals surface area contributed by atoms with Gasteiger partial charge in [-0.05, 0) is 17.5 Å². The molecule has 0 atom stereocenters. The minimum absolute atomic E-state index is 0.0752. The van der Waals surface area contributed by atoms with Crippen LogP contribution in [0.25, 0.3) is 5.65 Å². The van der Waals surface area contributed by atoms with Crippen LogP contribution >= 0.6 is 0 Å². The van der Waals surface area contributed by atoms with Crippen molar-refractivity contribution in [1.29, 1.82) is 0 Å². The Bertz CT molecular complexity index is 734. The fourth-order valence-electron chi connectivity index (χ4n) is 2.23. The molecule has 2 N–H and O–H groups in total. The summed E-state index contributed by atoms with van der Waals surface area (Å²) >= 11 is 0. The highest BCUT2D eigenvalue weighted by molar-refractivity contribution is 5.49. The topological polar surface area (TPSA) is 62.5 Å². The van der Waals surface area contributed by atoms with E-state index in [2.05, 4.69) is 22.3 Å². The van der Waals surface area contributed by atoms with Gasteiger partial charge in [0.05, 0.1) is 12.8 Å². The first-order valence-corrected chi connectivity index (χ1v) is 7.06. The average Bonchev–Trinajstić information content (AvgIpc) is 3.01. The number of aliphatic hydroxyl groups excluding tert-OH is 1. The largest absolute Gasteiger partial charge is 0.392 e. The second kappa shape index (κ2) is 5.93. The van der Waals surface area contributed by atoms with Crippen molar-refractivity contribution in [1.82, 2.24) is 14.6 Å². The lowest BCUT2D eigenvalue weighted by molar-refractivity contribution is 0.282. The van der Waals surface area contributed by atoms with E-state index in [1.807, 2.05) is 36.4 Å². The molecule has 0 aliphatic rings. The first kappa shape index (κ1) is 13.6. The predicted octanol–water partition coefficient (Wildman–Crippen LogP) is 2.40. The van der Waals surface area contributed by atoms with E-state index in [1.165, 1.54) is 0 Å². The van der Waals surface area contributed by atoms with Crippen LogP contribution in [-0.4, -0.2) is 19.7 Å². The molecule has 21 heavy (non-hydrogen) atoms. The molecule has 3 aromatic rings. The quantitative estimate of drug-likeness (QED) is 0.754. The zero-order chi connectivity index (χ0) is 14.7. The summed E-state index contributed by atoms with van der Waals surface area (Å²) in [4.78, 5) is 4.52. The summed E-state index contributed by atoms with van der Waals surface area (Å²) in [5.41, 5.74) is 3.97. The van der Waals surface area contributed by atoms with Gasteiger partial charge >= 0.3 is 0 Å². The molecular weight excluding hydrogens is 264 g/mol. The van der Waals surface area contributed by atoms with Crippen LogP contribution in [-0.2, 0) is 19.6 Å². The van der Waals surface area contributed by atoms with Gasteiger partial charge in [0.15, 0.2) is 5.65 Å². The second-order valence-corrected chi connectivity index (χ2v) is 4.92. The summed E-state index contributed by atoms with van der Waals surface area (Å²) in [7, 11) is 0. The van der Waals surface area contributed by atoms with Gasteiger partial charge in [-0.1, -0.05) is 31.2 Å². The number of hydrogen-bond donors (Lipinski definition) is 2. The Hall–Kier alpha value is -2.40. The fraction of sp³-hybridized carbons (Fsp3) is 0.250. The molecule has 5 nitrogen and oxygen atoms in total. The molecule has 0 aliphatic heterocycles. The molecule has 3 rings (SSSR count).